The molecule has 5 nitrogen and oxygen atoms in total. The molecule has 1 aromatic carbocycles. The van der Waals surface area contributed by atoms with Crippen molar-refractivity contribution >= 4 is 29.0 Å². The molecular formula is C15H22ClN3O2. The van der Waals surface area contributed by atoms with Crippen molar-refractivity contribution in [3.63, 3.8) is 0 Å². The highest BCUT2D eigenvalue weighted by atomic mass is 35.5. The summed E-state index contributed by atoms with van der Waals surface area (Å²) in [6.07, 6.45) is 0.360. The third-order valence-corrected chi connectivity index (χ3v) is 4.19. The van der Waals surface area contributed by atoms with Gasteiger partial charge in [-0.05, 0) is 30.5 Å². The number of β-amino-alcohol motifs (C(OH)–C–C–N with tert-alkyl or cyclic N) is 1. The number of rotatable bonds is 2. The number of nitrogens with zero attached hydrogens (tertiary/aromatic N) is 2. The molecule has 1 aromatic rings. The Kier molecular flexibility index (Phi) is 4.96. The van der Waals surface area contributed by atoms with Gasteiger partial charge in [-0.1, -0.05) is 18.5 Å². The van der Waals surface area contributed by atoms with Gasteiger partial charge >= 0.3 is 6.03 Å². The van der Waals surface area contributed by atoms with Gasteiger partial charge in [0.05, 0.1) is 16.8 Å². The van der Waals surface area contributed by atoms with Crippen molar-refractivity contribution in [1.29, 1.82) is 0 Å². The summed E-state index contributed by atoms with van der Waals surface area (Å²) in [4.78, 5) is 15.8. The SMILES string of the molecule is CC1CCN(C(=O)Nc2ccc(N(C)C)c(Cl)c2)CC1O. The number of piperidine rings is 1. The molecule has 2 rings (SSSR count). The normalized spacial score (nSPS) is 22.0. The molecule has 0 spiro atoms. The Hall–Kier alpha value is -1.46. The van der Waals surface area contributed by atoms with Gasteiger partial charge in [0.25, 0.3) is 0 Å². The van der Waals surface area contributed by atoms with E-state index in [1.165, 1.54) is 0 Å². The number of benzene rings is 1. The zero-order chi connectivity index (χ0) is 15.6. The zero-order valence-corrected chi connectivity index (χ0v) is 13.4. The van der Waals surface area contributed by atoms with Crippen molar-refractivity contribution in [3.8, 4) is 0 Å². The van der Waals surface area contributed by atoms with Gasteiger partial charge in [0.1, 0.15) is 0 Å². The highest BCUT2D eigenvalue weighted by Gasteiger charge is 2.27. The average Bonchev–Trinajstić information content (AvgIpc) is 2.41. The number of carbonyl (C=O) groups excluding carboxylic acids is 1. The number of anilines is 2. The van der Waals surface area contributed by atoms with Gasteiger partial charge in [-0.3, -0.25) is 0 Å². The third-order valence-electron chi connectivity index (χ3n) is 3.89. The average molecular weight is 312 g/mol. The topological polar surface area (TPSA) is 55.8 Å². The second kappa shape index (κ2) is 6.54. The lowest BCUT2D eigenvalue weighted by Gasteiger charge is -2.34. The maximum absolute atomic E-state index is 12.2. The van der Waals surface area contributed by atoms with E-state index in [0.717, 1.165) is 12.1 Å². The molecule has 1 aliphatic rings. The summed E-state index contributed by atoms with van der Waals surface area (Å²) in [5, 5.41) is 13.3. The number of urea groups is 1. The van der Waals surface area contributed by atoms with Crippen molar-refractivity contribution in [3.05, 3.63) is 23.2 Å². The molecule has 2 atom stereocenters. The highest BCUT2D eigenvalue weighted by Crippen LogP contribution is 2.27. The van der Waals surface area contributed by atoms with Crippen molar-refractivity contribution in [2.45, 2.75) is 19.4 Å². The largest absolute Gasteiger partial charge is 0.391 e. The van der Waals surface area contributed by atoms with E-state index in [0.29, 0.717) is 23.8 Å². The van der Waals surface area contributed by atoms with Crippen LogP contribution in [0.15, 0.2) is 18.2 Å². The van der Waals surface area contributed by atoms with Gasteiger partial charge in [-0.15, -0.1) is 0 Å². The van der Waals surface area contributed by atoms with Crippen LogP contribution < -0.4 is 10.2 Å². The van der Waals surface area contributed by atoms with Gasteiger partial charge < -0.3 is 20.2 Å². The number of carbonyl (C=O) groups is 1. The van der Waals surface area contributed by atoms with E-state index in [4.69, 9.17) is 11.6 Å². The van der Waals surface area contributed by atoms with Crippen molar-refractivity contribution < 1.29 is 9.90 Å². The molecule has 21 heavy (non-hydrogen) atoms. The Balaban J connectivity index is 2.01. The number of hydrogen-bond donors (Lipinski definition) is 2. The summed E-state index contributed by atoms with van der Waals surface area (Å²) in [5.74, 6) is 0.239. The molecule has 2 unspecified atom stereocenters. The van der Waals surface area contributed by atoms with Crippen LogP contribution in [0.25, 0.3) is 0 Å². The minimum atomic E-state index is -0.454. The Morgan fingerprint density at radius 1 is 1.48 bits per heavy atom. The third kappa shape index (κ3) is 3.80. The van der Waals surface area contributed by atoms with Crippen LogP contribution in [-0.4, -0.2) is 49.3 Å². The number of hydrogen-bond acceptors (Lipinski definition) is 3. The second-order valence-electron chi connectivity index (χ2n) is 5.77. The fourth-order valence-electron chi connectivity index (χ4n) is 2.38. The van der Waals surface area contributed by atoms with Gasteiger partial charge in [0.2, 0.25) is 0 Å². The summed E-state index contributed by atoms with van der Waals surface area (Å²) >= 11 is 6.19. The Bertz CT molecular complexity index is 522. The molecule has 0 radical (unpaired) electrons. The minimum absolute atomic E-state index is 0.199. The molecular weight excluding hydrogens is 290 g/mol. The predicted molar refractivity (Wildman–Crippen MR) is 86.2 cm³/mol. The van der Waals surface area contributed by atoms with E-state index in [9.17, 15) is 9.90 Å². The molecule has 1 heterocycles. The smallest absolute Gasteiger partial charge is 0.321 e. The second-order valence-corrected chi connectivity index (χ2v) is 6.18. The molecule has 0 bridgehead atoms. The molecule has 1 fully saturated rings. The number of likely N-dealkylation sites (tertiary alicyclic amines) is 1. The molecule has 116 valence electrons. The van der Waals surface area contributed by atoms with E-state index >= 15 is 0 Å². The molecule has 0 aromatic heterocycles. The van der Waals surface area contributed by atoms with Crippen LogP contribution in [0, 0.1) is 5.92 Å². The van der Waals surface area contributed by atoms with Crippen molar-refractivity contribution in [2.24, 2.45) is 5.92 Å². The molecule has 0 aliphatic carbocycles. The molecule has 0 saturated carbocycles. The Labute approximate surface area is 130 Å². The van der Waals surface area contributed by atoms with Crippen molar-refractivity contribution in [1.82, 2.24) is 4.90 Å². The molecule has 1 aliphatic heterocycles. The lowest BCUT2D eigenvalue weighted by atomic mass is 9.96. The number of halogens is 1. The van der Waals surface area contributed by atoms with E-state index in [1.807, 2.05) is 38.1 Å². The summed E-state index contributed by atoms with van der Waals surface area (Å²) in [6, 6.07) is 5.22. The highest BCUT2D eigenvalue weighted by molar-refractivity contribution is 6.33. The van der Waals surface area contributed by atoms with Crippen molar-refractivity contribution in [2.75, 3.05) is 37.4 Å². The molecule has 2 amide bonds. The van der Waals surface area contributed by atoms with Gasteiger partial charge in [-0.2, -0.15) is 0 Å². The summed E-state index contributed by atoms with van der Waals surface area (Å²) in [7, 11) is 3.82. The summed E-state index contributed by atoms with van der Waals surface area (Å²) < 4.78 is 0. The van der Waals surface area contributed by atoms with Crippen LogP contribution >= 0.6 is 11.6 Å². The predicted octanol–water partition coefficient (Wildman–Crippen LogP) is 2.64. The van der Waals surface area contributed by atoms with Gasteiger partial charge in [-0.25, -0.2) is 4.79 Å². The zero-order valence-electron chi connectivity index (χ0n) is 12.6. The first-order valence-corrected chi connectivity index (χ1v) is 7.47. The summed E-state index contributed by atoms with van der Waals surface area (Å²) in [5.41, 5.74) is 1.56. The number of nitrogens with one attached hydrogen (secondary N) is 1. The molecule has 2 N–H and O–H groups in total. The molecule has 1 saturated heterocycles. The van der Waals surface area contributed by atoms with E-state index < -0.39 is 6.10 Å². The van der Waals surface area contributed by atoms with E-state index in [2.05, 4.69) is 5.32 Å². The maximum atomic E-state index is 12.2. The van der Waals surface area contributed by atoms with Crippen LogP contribution in [0.5, 0.6) is 0 Å². The number of aliphatic hydroxyl groups excluding tert-OH is 1. The van der Waals surface area contributed by atoms with Crippen LogP contribution in [-0.2, 0) is 0 Å². The fraction of sp³-hybridized carbons (Fsp3) is 0.533. The molecule has 6 heteroatoms. The van der Waals surface area contributed by atoms with Crippen LogP contribution in [0.1, 0.15) is 13.3 Å². The van der Waals surface area contributed by atoms with Gasteiger partial charge in [0.15, 0.2) is 0 Å². The quantitative estimate of drug-likeness (QED) is 0.883. The lowest BCUT2D eigenvalue weighted by Crippen LogP contribution is -2.47. The van der Waals surface area contributed by atoms with Crippen LogP contribution in [0.3, 0.4) is 0 Å². The number of aliphatic hydroxyl groups is 1. The monoisotopic (exact) mass is 311 g/mol. The van der Waals surface area contributed by atoms with Crippen LogP contribution in [0.2, 0.25) is 5.02 Å². The van der Waals surface area contributed by atoms with E-state index in [-0.39, 0.29) is 11.9 Å². The first-order chi connectivity index (χ1) is 9.88. The standard InChI is InChI=1S/C15H22ClN3O2/c1-10-6-7-19(9-14(10)20)15(21)17-11-4-5-13(18(2)3)12(16)8-11/h4-5,8,10,14,20H,6-7,9H2,1-3H3,(H,17,21). The fourth-order valence-corrected chi connectivity index (χ4v) is 2.73. The summed E-state index contributed by atoms with van der Waals surface area (Å²) in [6.45, 7) is 3.03. The van der Waals surface area contributed by atoms with Crippen LogP contribution in [0.4, 0.5) is 16.2 Å². The number of amides is 2. The first-order valence-electron chi connectivity index (χ1n) is 7.09. The first kappa shape index (κ1) is 15.9. The Morgan fingerprint density at radius 2 is 2.19 bits per heavy atom. The lowest BCUT2D eigenvalue weighted by molar-refractivity contribution is 0.0464. The maximum Gasteiger partial charge on any atom is 0.321 e. The Morgan fingerprint density at radius 3 is 2.76 bits per heavy atom. The minimum Gasteiger partial charge on any atom is -0.391 e. The van der Waals surface area contributed by atoms with E-state index in [1.54, 1.807) is 11.0 Å². The van der Waals surface area contributed by atoms with Gasteiger partial charge in [0, 0.05) is 32.9 Å².